The molecule has 0 amide bonds. The van der Waals surface area contributed by atoms with Crippen LogP contribution >= 0.6 is 0 Å². The van der Waals surface area contributed by atoms with Crippen molar-refractivity contribution in [2.45, 2.75) is 5.41 Å². The molecule has 0 fully saturated rings. The third-order valence-corrected chi connectivity index (χ3v) is 10.8. The van der Waals surface area contributed by atoms with Gasteiger partial charge in [0.05, 0.1) is 16.4 Å². The molecule has 0 saturated carbocycles. The van der Waals surface area contributed by atoms with Crippen molar-refractivity contribution in [3.05, 3.63) is 205 Å². The molecule has 0 unspecified atom stereocenters. The number of nitrogens with zero attached hydrogens (tertiary/aromatic N) is 3. The van der Waals surface area contributed by atoms with E-state index in [0.29, 0.717) is 0 Å². The Labute approximate surface area is 297 Å². The highest BCUT2D eigenvalue weighted by molar-refractivity contribution is 6.03. The first kappa shape index (κ1) is 29.3. The number of para-hydroxylation sites is 2. The molecule has 1 aliphatic rings. The van der Waals surface area contributed by atoms with Crippen LogP contribution in [0.3, 0.4) is 0 Å². The Morgan fingerprint density at radius 1 is 0.490 bits per heavy atom. The van der Waals surface area contributed by atoms with Gasteiger partial charge in [-0.2, -0.15) is 0 Å². The van der Waals surface area contributed by atoms with Crippen LogP contribution in [0, 0.1) is 0 Å². The number of aromatic nitrogens is 3. The third kappa shape index (κ3) is 4.38. The van der Waals surface area contributed by atoms with Crippen molar-refractivity contribution < 1.29 is 0 Å². The third-order valence-electron chi connectivity index (χ3n) is 10.8. The number of imidazole rings is 1. The van der Waals surface area contributed by atoms with E-state index < -0.39 is 5.41 Å². The minimum atomic E-state index is -0.491. The van der Waals surface area contributed by atoms with Gasteiger partial charge >= 0.3 is 0 Å². The fourth-order valence-electron chi connectivity index (χ4n) is 8.50. The molecule has 9 aromatic rings. The molecule has 0 N–H and O–H groups in total. The van der Waals surface area contributed by atoms with Gasteiger partial charge in [0.25, 0.3) is 0 Å². The molecular weight excluding hydrogens is 619 g/mol. The first-order chi connectivity index (χ1) is 25.2. The summed E-state index contributed by atoms with van der Waals surface area (Å²) < 4.78 is 2.18. The highest BCUT2D eigenvalue weighted by atomic mass is 15.1. The van der Waals surface area contributed by atoms with Gasteiger partial charge in [0.1, 0.15) is 5.82 Å². The van der Waals surface area contributed by atoms with Gasteiger partial charge in [0, 0.05) is 30.4 Å². The van der Waals surface area contributed by atoms with E-state index in [2.05, 4.69) is 180 Å². The van der Waals surface area contributed by atoms with E-state index in [4.69, 9.17) is 4.98 Å². The topological polar surface area (TPSA) is 30.7 Å². The van der Waals surface area contributed by atoms with Crippen molar-refractivity contribution in [1.82, 2.24) is 14.5 Å². The Morgan fingerprint density at radius 2 is 1.16 bits per heavy atom. The fraction of sp³-hybridized carbons (Fsp3) is 0.0417. The Morgan fingerprint density at radius 3 is 1.92 bits per heavy atom. The largest absolute Gasteiger partial charge is 0.327 e. The average molecular weight is 652 g/mol. The molecule has 0 saturated heterocycles. The maximum atomic E-state index is 4.99. The van der Waals surface area contributed by atoms with Crippen molar-refractivity contribution >= 4 is 21.8 Å². The van der Waals surface area contributed by atoms with Crippen LogP contribution < -0.4 is 0 Å². The molecule has 0 aliphatic heterocycles. The van der Waals surface area contributed by atoms with Gasteiger partial charge < -0.3 is 4.57 Å². The van der Waals surface area contributed by atoms with Crippen LogP contribution in [0.5, 0.6) is 0 Å². The second kappa shape index (κ2) is 11.5. The monoisotopic (exact) mass is 651 g/mol. The average Bonchev–Trinajstić information content (AvgIpc) is 3.70. The zero-order valence-corrected chi connectivity index (χ0v) is 28.2. The lowest BCUT2D eigenvalue weighted by atomic mass is 9.67. The normalized spacial score (nSPS) is 13.0. The Kier molecular flexibility index (Phi) is 6.62. The summed E-state index contributed by atoms with van der Waals surface area (Å²) >= 11 is 0. The van der Waals surface area contributed by atoms with E-state index in [0.717, 1.165) is 33.4 Å². The lowest BCUT2D eigenvalue weighted by Crippen LogP contribution is -2.28. The number of aryl methyl sites for hydroxylation is 1. The predicted octanol–water partition coefficient (Wildman–Crippen LogP) is 11.5. The lowest BCUT2D eigenvalue weighted by Gasteiger charge is -2.34. The van der Waals surface area contributed by atoms with Crippen LogP contribution in [0.15, 0.2) is 182 Å². The van der Waals surface area contributed by atoms with E-state index in [9.17, 15) is 0 Å². The van der Waals surface area contributed by atoms with E-state index in [-0.39, 0.29) is 0 Å². The number of hydrogen-bond donors (Lipinski definition) is 0. The Bertz CT molecular complexity index is 2700. The summed E-state index contributed by atoms with van der Waals surface area (Å²) in [4.78, 5) is 9.58. The van der Waals surface area contributed by atoms with Crippen LogP contribution in [0.25, 0.3) is 66.6 Å². The molecule has 51 heavy (non-hydrogen) atoms. The van der Waals surface area contributed by atoms with Crippen LogP contribution in [-0.2, 0) is 12.5 Å². The standard InChI is InChI=1S/C48H33N3/c1-51-46-22-11-10-21-45(46)50-47(51)34-25-23-33(24-26-34)39-29-41-38-18-8-9-20-43(38)48(35-14-4-2-5-15-35,36-16-6-3-7-17-36)44(41)30-40(39)37-19-12-13-32-27-28-49-31-42(32)37/h2-31H,1H3. The smallest absolute Gasteiger partial charge is 0.140 e. The maximum absolute atomic E-state index is 4.99. The lowest BCUT2D eigenvalue weighted by molar-refractivity contribution is 0.769. The van der Waals surface area contributed by atoms with E-state index in [1.165, 1.54) is 55.5 Å². The molecule has 0 spiro atoms. The van der Waals surface area contributed by atoms with Crippen molar-refractivity contribution in [2.24, 2.45) is 7.05 Å². The highest BCUT2D eigenvalue weighted by Gasteiger charge is 2.46. The van der Waals surface area contributed by atoms with Crippen LogP contribution in [0.2, 0.25) is 0 Å². The number of fused-ring (bicyclic) bond motifs is 5. The zero-order chi connectivity index (χ0) is 33.9. The van der Waals surface area contributed by atoms with Gasteiger partial charge in [-0.1, -0.05) is 140 Å². The Hall–Kier alpha value is -6.58. The maximum Gasteiger partial charge on any atom is 0.140 e. The number of rotatable bonds is 5. The summed E-state index contributed by atoms with van der Waals surface area (Å²) in [6, 6.07) is 61.9. The zero-order valence-electron chi connectivity index (χ0n) is 28.2. The summed E-state index contributed by atoms with van der Waals surface area (Å²) in [6.07, 6.45) is 3.88. The quantitative estimate of drug-likeness (QED) is 0.185. The number of hydrogen-bond acceptors (Lipinski definition) is 2. The van der Waals surface area contributed by atoms with Gasteiger partial charge in [0.15, 0.2) is 0 Å². The molecule has 2 aromatic heterocycles. The van der Waals surface area contributed by atoms with Crippen molar-refractivity contribution in [3.63, 3.8) is 0 Å². The molecule has 2 heterocycles. The molecule has 3 heteroatoms. The van der Waals surface area contributed by atoms with Crippen molar-refractivity contribution in [2.75, 3.05) is 0 Å². The molecule has 10 rings (SSSR count). The molecule has 3 nitrogen and oxygen atoms in total. The van der Waals surface area contributed by atoms with Gasteiger partial charge in [-0.05, 0) is 91.4 Å². The Balaban J connectivity index is 1.27. The van der Waals surface area contributed by atoms with Crippen molar-refractivity contribution in [1.29, 1.82) is 0 Å². The molecule has 240 valence electrons. The molecule has 7 aromatic carbocycles. The molecule has 0 bridgehead atoms. The second-order valence-electron chi connectivity index (χ2n) is 13.4. The van der Waals surface area contributed by atoms with Gasteiger partial charge in [-0.3, -0.25) is 4.98 Å². The van der Waals surface area contributed by atoms with E-state index >= 15 is 0 Å². The minimum absolute atomic E-state index is 0.491. The SMILES string of the molecule is Cn1c(-c2ccc(-c3cc4c(cc3-c3cccc5ccncc35)C(c3ccccc3)(c3ccccc3)c3ccccc3-4)cc2)nc2ccccc21. The molecular formula is C48H33N3. The van der Waals surface area contributed by atoms with Crippen LogP contribution in [0.1, 0.15) is 22.3 Å². The fourth-order valence-corrected chi connectivity index (χ4v) is 8.50. The van der Waals surface area contributed by atoms with E-state index in [1.807, 2.05) is 18.5 Å². The second-order valence-corrected chi connectivity index (χ2v) is 13.4. The predicted molar refractivity (Wildman–Crippen MR) is 210 cm³/mol. The minimum Gasteiger partial charge on any atom is -0.327 e. The molecule has 0 radical (unpaired) electrons. The summed E-state index contributed by atoms with van der Waals surface area (Å²) in [5, 5.41) is 2.31. The number of pyridine rings is 1. The van der Waals surface area contributed by atoms with Crippen LogP contribution in [0.4, 0.5) is 0 Å². The van der Waals surface area contributed by atoms with Gasteiger partial charge in [0.2, 0.25) is 0 Å². The van der Waals surface area contributed by atoms with Gasteiger partial charge in [-0.15, -0.1) is 0 Å². The van der Waals surface area contributed by atoms with Crippen LogP contribution in [-0.4, -0.2) is 14.5 Å². The molecule has 0 atom stereocenters. The summed E-state index contributed by atoms with van der Waals surface area (Å²) in [5.41, 5.74) is 15.1. The summed E-state index contributed by atoms with van der Waals surface area (Å²) in [5.74, 6) is 0.960. The highest BCUT2D eigenvalue weighted by Crippen LogP contribution is 2.58. The first-order valence-corrected chi connectivity index (χ1v) is 17.5. The van der Waals surface area contributed by atoms with Crippen molar-refractivity contribution in [3.8, 4) is 44.8 Å². The van der Waals surface area contributed by atoms with E-state index in [1.54, 1.807) is 0 Å². The summed E-state index contributed by atoms with van der Waals surface area (Å²) in [7, 11) is 2.09. The molecule has 1 aliphatic carbocycles. The first-order valence-electron chi connectivity index (χ1n) is 17.5. The number of benzene rings is 7. The summed E-state index contributed by atoms with van der Waals surface area (Å²) in [6.45, 7) is 0. The van der Waals surface area contributed by atoms with Gasteiger partial charge in [-0.25, -0.2) is 4.98 Å².